The van der Waals surface area contributed by atoms with Crippen LogP contribution in [0, 0.1) is 13.8 Å². The average molecular weight is 336 g/mol. The number of nitrogens with zero attached hydrogens (tertiary/aromatic N) is 1. The van der Waals surface area contributed by atoms with E-state index < -0.39 is 12.0 Å². The lowest BCUT2D eigenvalue weighted by Crippen LogP contribution is -2.23. The molecule has 2 aromatic rings. The number of benzene rings is 1. The minimum Gasteiger partial charge on any atom is -0.318 e. The van der Waals surface area contributed by atoms with Crippen molar-refractivity contribution in [2.45, 2.75) is 20.0 Å². The zero-order valence-corrected chi connectivity index (χ0v) is 12.6. The molecule has 0 fully saturated rings. The lowest BCUT2D eigenvalue weighted by molar-refractivity contribution is -0.0885. The minimum absolute atomic E-state index is 0.202. The molecule has 0 aliphatic carbocycles. The highest BCUT2D eigenvalue weighted by Crippen LogP contribution is 2.30. The van der Waals surface area contributed by atoms with Crippen molar-refractivity contribution in [3.8, 4) is 5.69 Å². The first kappa shape index (κ1) is 15.9. The Morgan fingerprint density at radius 3 is 2.24 bits per heavy atom. The summed E-state index contributed by atoms with van der Waals surface area (Å²) in [6.07, 6.45) is -4.90. The Labute approximate surface area is 129 Å². The predicted octanol–water partition coefficient (Wildman–Crippen LogP) is 5.15. The molecule has 2 rings (SSSR count). The van der Waals surface area contributed by atoms with Crippen molar-refractivity contribution < 1.29 is 18.0 Å². The Bertz CT molecular complexity index is 720. The van der Waals surface area contributed by atoms with Gasteiger partial charge in [-0.2, -0.15) is 13.2 Å². The van der Waals surface area contributed by atoms with E-state index in [1.807, 2.05) is 0 Å². The molecule has 0 bridgehead atoms. The summed E-state index contributed by atoms with van der Waals surface area (Å²) in [4.78, 5) is 11.4. The van der Waals surface area contributed by atoms with Crippen LogP contribution in [0.1, 0.15) is 21.7 Å². The number of hydrogen-bond donors (Lipinski definition) is 0. The third kappa shape index (κ3) is 2.94. The Kier molecular flexibility index (Phi) is 4.08. The van der Waals surface area contributed by atoms with Gasteiger partial charge < -0.3 is 4.57 Å². The number of aryl methyl sites for hydroxylation is 1. The van der Waals surface area contributed by atoms with Gasteiger partial charge in [0.2, 0.25) is 0 Å². The van der Waals surface area contributed by atoms with Crippen LogP contribution in [0.2, 0.25) is 10.0 Å². The molecule has 1 aromatic heterocycles. The van der Waals surface area contributed by atoms with E-state index in [2.05, 4.69) is 0 Å². The molecule has 0 aliphatic rings. The van der Waals surface area contributed by atoms with Crippen LogP contribution in [-0.2, 0) is 0 Å². The molecule has 0 unspecified atom stereocenters. The topological polar surface area (TPSA) is 22.0 Å². The monoisotopic (exact) mass is 335 g/mol. The first-order chi connectivity index (χ1) is 9.62. The number of rotatable bonds is 2. The molecule has 0 saturated carbocycles. The largest absolute Gasteiger partial charge is 0.454 e. The summed E-state index contributed by atoms with van der Waals surface area (Å²) in [6.45, 7) is 3.07. The van der Waals surface area contributed by atoms with Crippen LogP contribution >= 0.6 is 23.2 Å². The molecule has 0 amide bonds. The Hall–Kier alpha value is -1.46. The second-order valence-electron chi connectivity index (χ2n) is 4.55. The lowest BCUT2D eigenvalue weighted by Gasteiger charge is -2.11. The maximum absolute atomic E-state index is 12.6. The Balaban J connectivity index is 2.59. The molecule has 0 atom stereocenters. The van der Waals surface area contributed by atoms with Gasteiger partial charge in [0.15, 0.2) is 0 Å². The molecular formula is C14H10Cl2F3NO. The van der Waals surface area contributed by atoms with Gasteiger partial charge in [0, 0.05) is 22.6 Å². The van der Waals surface area contributed by atoms with Crippen LogP contribution in [0.4, 0.5) is 13.2 Å². The molecule has 7 heteroatoms. The normalized spacial score (nSPS) is 11.8. The highest BCUT2D eigenvalue weighted by molar-refractivity contribution is 6.42. The molecule has 0 aliphatic heterocycles. The van der Waals surface area contributed by atoms with Crippen LogP contribution in [-0.4, -0.2) is 16.5 Å². The Morgan fingerprint density at radius 2 is 1.71 bits per heavy atom. The highest BCUT2D eigenvalue weighted by atomic mass is 35.5. The van der Waals surface area contributed by atoms with E-state index in [0.717, 1.165) is 0 Å². The van der Waals surface area contributed by atoms with Gasteiger partial charge in [0.1, 0.15) is 0 Å². The third-order valence-electron chi connectivity index (χ3n) is 3.09. The zero-order valence-electron chi connectivity index (χ0n) is 11.1. The SMILES string of the molecule is Cc1cc(C(=O)C(F)(F)F)c(C)n1-c1ccc(Cl)c(Cl)c1. The molecule has 21 heavy (non-hydrogen) atoms. The van der Waals surface area contributed by atoms with E-state index in [1.54, 1.807) is 19.1 Å². The van der Waals surface area contributed by atoms with Crippen molar-refractivity contribution >= 4 is 29.0 Å². The lowest BCUT2D eigenvalue weighted by atomic mass is 10.1. The number of aromatic nitrogens is 1. The van der Waals surface area contributed by atoms with E-state index in [0.29, 0.717) is 16.4 Å². The van der Waals surface area contributed by atoms with Crippen LogP contribution in [0.15, 0.2) is 24.3 Å². The summed E-state index contributed by atoms with van der Waals surface area (Å²) in [6, 6.07) is 5.92. The van der Waals surface area contributed by atoms with E-state index >= 15 is 0 Å². The fourth-order valence-electron chi connectivity index (χ4n) is 2.17. The van der Waals surface area contributed by atoms with Crippen molar-refractivity contribution in [1.29, 1.82) is 0 Å². The average Bonchev–Trinajstić information content (AvgIpc) is 2.66. The number of carbonyl (C=O) groups is 1. The van der Waals surface area contributed by atoms with Gasteiger partial charge in [-0.15, -0.1) is 0 Å². The van der Waals surface area contributed by atoms with Gasteiger partial charge >= 0.3 is 6.18 Å². The highest BCUT2D eigenvalue weighted by Gasteiger charge is 2.41. The summed E-state index contributed by atoms with van der Waals surface area (Å²) < 4.78 is 39.3. The maximum atomic E-state index is 12.6. The van der Waals surface area contributed by atoms with Gasteiger partial charge in [-0.3, -0.25) is 4.79 Å². The molecular weight excluding hydrogens is 326 g/mol. The van der Waals surface area contributed by atoms with Gasteiger partial charge in [0.05, 0.1) is 10.0 Å². The number of Topliss-reactive ketones (excluding diaryl/α,β-unsaturated/α-hetero) is 1. The van der Waals surface area contributed by atoms with Crippen LogP contribution in [0.5, 0.6) is 0 Å². The smallest absolute Gasteiger partial charge is 0.318 e. The summed E-state index contributed by atoms with van der Waals surface area (Å²) in [5.74, 6) is -1.86. The fraction of sp³-hybridized carbons (Fsp3) is 0.214. The first-order valence-corrected chi connectivity index (χ1v) is 6.64. The molecule has 1 heterocycles. The molecule has 2 nitrogen and oxygen atoms in total. The number of halogens is 5. The predicted molar refractivity (Wildman–Crippen MR) is 75.6 cm³/mol. The van der Waals surface area contributed by atoms with Crippen molar-refractivity contribution in [3.63, 3.8) is 0 Å². The molecule has 0 saturated heterocycles. The summed E-state index contributed by atoms with van der Waals surface area (Å²) in [5, 5.41) is 0.625. The van der Waals surface area contributed by atoms with Crippen molar-refractivity contribution in [1.82, 2.24) is 4.57 Å². The van der Waals surface area contributed by atoms with E-state index in [-0.39, 0.29) is 16.3 Å². The molecule has 1 aromatic carbocycles. The van der Waals surface area contributed by atoms with Gasteiger partial charge in [-0.25, -0.2) is 0 Å². The second kappa shape index (κ2) is 5.39. The quantitative estimate of drug-likeness (QED) is 0.696. The number of ketones is 1. The van der Waals surface area contributed by atoms with Crippen LogP contribution in [0.3, 0.4) is 0 Å². The van der Waals surface area contributed by atoms with E-state index in [9.17, 15) is 18.0 Å². The molecule has 0 N–H and O–H groups in total. The molecule has 112 valence electrons. The summed E-state index contributed by atoms with van der Waals surface area (Å²) in [7, 11) is 0. The van der Waals surface area contributed by atoms with E-state index in [1.165, 1.54) is 23.6 Å². The standard InChI is InChI=1S/C14H10Cl2F3NO/c1-7-5-10(13(21)14(17,18)19)8(2)20(7)9-3-4-11(15)12(16)6-9/h3-6H,1-2H3. The van der Waals surface area contributed by atoms with Gasteiger partial charge in [0.25, 0.3) is 5.78 Å². The molecule has 0 radical (unpaired) electrons. The number of hydrogen-bond acceptors (Lipinski definition) is 1. The van der Waals surface area contributed by atoms with Crippen molar-refractivity contribution in [3.05, 3.63) is 51.3 Å². The van der Waals surface area contributed by atoms with Gasteiger partial charge in [-0.05, 0) is 38.1 Å². The van der Waals surface area contributed by atoms with Crippen molar-refractivity contribution in [2.75, 3.05) is 0 Å². The second-order valence-corrected chi connectivity index (χ2v) is 5.36. The number of alkyl halides is 3. The summed E-state index contributed by atoms with van der Waals surface area (Å²) >= 11 is 11.7. The minimum atomic E-state index is -4.90. The molecule has 0 spiro atoms. The Morgan fingerprint density at radius 1 is 1.10 bits per heavy atom. The summed E-state index contributed by atoms with van der Waals surface area (Å²) in [5.41, 5.74) is 0.874. The van der Waals surface area contributed by atoms with E-state index in [4.69, 9.17) is 23.2 Å². The maximum Gasteiger partial charge on any atom is 0.454 e. The van der Waals surface area contributed by atoms with Crippen LogP contribution in [0.25, 0.3) is 5.69 Å². The van der Waals surface area contributed by atoms with Gasteiger partial charge in [-0.1, -0.05) is 23.2 Å². The fourth-order valence-corrected chi connectivity index (χ4v) is 2.46. The first-order valence-electron chi connectivity index (χ1n) is 5.89. The third-order valence-corrected chi connectivity index (χ3v) is 3.83. The zero-order chi connectivity index (χ0) is 15.9. The van der Waals surface area contributed by atoms with Crippen molar-refractivity contribution in [2.24, 2.45) is 0 Å². The van der Waals surface area contributed by atoms with Crippen LogP contribution < -0.4 is 0 Å². The number of carbonyl (C=O) groups excluding carboxylic acids is 1.